The van der Waals surface area contributed by atoms with Gasteiger partial charge in [0.2, 0.25) is 0 Å². The van der Waals surface area contributed by atoms with Gasteiger partial charge in [0.1, 0.15) is 0 Å². The van der Waals surface area contributed by atoms with Gasteiger partial charge in [-0.25, -0.2) is 9.59 Å². The summed E-state index contributed by atoms with van der Waals surface area (Å²) in [6.45, 7) is 0. The fraction of sp³-hybridized carbons (Fsp3) is 0. The van der Waals surface area contributed by atoms with Crippen LogP contribution in [0.15, 0.2) is 18.2 Å². The molecule has 13 heavy (non-hydrogen) atoms. The molecule has 0 aliphatic carbocycles. The maximum atomic E-state index is 11.0. The predicted octanol–water partition coefficient (Wildman–Crippen LogP) is 0.979. The van der Waals surface area contributed by atoms with Crippen molar-refractivity contribution in [2.45, 2.75) is 0 Å². The molecule has 0 N–H and O–H groups in total. The normalized spacial score (nSPS) is 13.5. The average Bonchev–Trinajstić information content (AvgIpc) is 2.15. The molecule has 0 fully saturated rings. The van der Waals surface area contributed by atoms with Crippen LogP contribution in [0.5, 0.6) is 0 Å². The van der Waals surface area contributed by atoms with Crippen molar-refractivity contribution in [3.05, 3.63) is 34.9 Å². The lowest BCUT2D eigenvalue weighted by Crippen LogP contribution is -2.18. The molecular formula is C10H4O3. The smallest absolute Gasteiger partial charge is 0.346 e. The highest BCUT2D eigenvalue weighted by molar-refractivity contribution is 6.07. The number of fused-ring (bicyclic) bond motifs is 2. The van der Waals surface area contributed by atoms with E-state index in [1.54, 1.807) is 0 Å². The van der Waals surface area contributed by atoms with Crippen molar-refractivity contribution in [3.8, 4) is 12.3 Å². The molecule has 0 spiro atoms. The van der Waals surface area contributed by atoms with E-state index >= 15 is 0 Å². The van der Waals surface area contributed by atoms with Crippen molar-refractivity contribution in [1.29, 1.82) is 0 Å². The van der Waals surface area contributed by atoms with E-state index in [-0.39, 0.29) is 0 Å². The summed E-state index contributed by atoms with van der Waals surface area (Å²) in [5, 5.41) is 0. The molecule has 1 heterocycles. The third kappa shape index (κ3) is 1.09. The summed E-state index contributed by atoms with van der Waals surface area (Å²) in [6, 6.07) is 4.49. The van der Waals surface area contributed by atoms with Crippen LogP contribution in [0.2, 0.25) is 0 Å². The second kappa shape index (κ2) is 2.46. The lowest BCUT2D eigenvalue weighted by molar-refractivity contribution is 0.0385. The molecule has 1 aromatic rings. The Labute approximate surface area is 74.3 Å². The minimum atomic E-state index is -0.644. The van der Waals surface area contributed by atoms with E-state index in [0.717, 1.165) is 0 Å². The van der Waals surface area contributed by atoms with Crippen molar-refractivity contribution in [1.82, 2.24) is 0 Å². The maximum Gasteiger partial charge on any atom is 0.346 e. The Kier molecular flexibility index (Phi) is 1.43. The first-order chi connectivity index (χ1) is 6.20. The summed E-state index contributed by atoms with van der Waals surface area (Å²) in [5.74, 6) is 1.07. The van der Waals surface area contributed by atoms with E-state index in [2.05, 4.69) is 10.7 Å². The molecule has 0 unspecified atom stereocenters. The van der Waals surface area contributed by atoms with E-state index in [0.29, 0.717) is 16.7 Å². The lowest BCUT2D eigenvalue weighted by atomic mass is 10.0. The Morgan fingerprint density at radius 3 is 2.08 bits per heavy atom. The second-order valence-corrected chi connectivity index (χ2v) is 2.62. The molecule has 1 aliphatic heterocycles. The van der Waals surface area contributed by atoms with Crippen molar-refractivity contribution in [2.24, 2.45) is 0 Å². The van der Waals surface area contributed by atoms with Crippen molar-refractivity contribution < 1.29 is 14.3 Å². The quantitative estimate of drug-likeness (QED) is 0.333. The second-order valence-electron chi connectivity index (χ2n) is 2.62. The van der Waals surface area contributed by atoms with Crippen LogP contribution < -0.4 is 0 Å². The van der Waals surface area contributed by atoms with Gasteiger partial charge in [-0.05, 0) is 18.2 Å². The van der Waals surface area contributed by atoms with Crippen LogP contribution in [-0.2, 0) is 4.74 Å². The van der Waals surface area contributed by atoms with Crippen LogP contribution in [0.1, 0.15) is 26.3 Å². The first-order valence-corrected chi connectivity index (χ1v) is 3.59. The molecule has 2 bridgehead atoms. The SMILES string of the molecule is C#Cc1cc2cc(c1)C(=O)OC2=O. The Morgan fingerprint density at radius 2 is 1.62 bits per heavy atom. The van der Waals surface area contributed by atoms with E-state index < -0.39 is 11.9 Å². The molecule has 1 aliphatic rings. The number of benzene rings is 1. The highest BCUT2D eigenvalue weighted by Crippen LogP contribution is 2.17. The number of carbonyl (C=O) groups is 2. The van der Waals surface area contributed by atoms with Crippen LogP contribution in [0.25, 0.3) is 0 Å². The average molecular weight is 172 g/mol. The van der Waals surface area contributed by atoms with Gasteiger partial charge in [0.25, 0.3) is 0 Å². The minimum absolute atomic E-state index is 0.324. The predicted molar refractivity (Wildman–Crippen MR) is 44.1 cm³/mol. The van der Waals surface area contributed by atoms with Crippen molar-refractivity contribution in [2.75, 3.05) is 0 Å². The summed E-state index contributed by atoms with van der Waals surface area (Å²) < 4.78 is 4.42. The van der Waals surface area contributed by atoms with Gasteiger partial charge in [0, 0.05) is 5.56 Å². The Morgan fingerprint density at radius 1 is 1.08 bits per heavy atom. The molecule has 0 radical (unpaired) electrons. The molecule has 3 nitrogen and oxygen atoms in total. The molecule has 0 atom stereocenters. The van der Waals surface area contributed by atoms with Gasteiger partial charge in [-0.2, -0.15) is 0 Å². The molecule has 0 saturated heterocycles. The van der Waals surface area contributed by atoms with E-state index in [4.69, 9.17) is 6.42 Å². The number of terminal acetylenes is 1. The van der Waals surface area contributed by atoms with Crippen LogP contribution in [0.3, 0.4) is 0 Å². The van der Waals surface area contributed by atoms with Gasteiger partial charge in [-0.3, -0.25) is 0 Å². The molecule has 62 valence electrons. The van der Waals surface area contributed by atoms with Gasteiger partial charge in [0.05, 0.1) is 11.1 Å². The molecule has 2 rings (SSSR count). The fourth-order valence-corrected chi connectivity index (χ4v) is 1.15. The van der Waals surface area contributed by atoms with Crippen LogP contribution in [0.4, 0.5) is 0 Å². The molecule has 0 saturated carbocycles. The topological polar surface area (TPSA) is 43.4 Å². The fourth-order valence-electron chi connectivity index (χ4n) is 1.15. The number of esters is 2. The van der Waals surface area contributed by atoms with E-state index in [1.165, 1.54) is 18.2 Å². The standard InChI is InChI=1S/C10H4O3/c1-2-6-3-7-5-8(4-6)10(12)13-9(7)11/h1,3-5H. The minimum Gasteiger partial charge on any atom is -0.386 e. The first kappa shape index (κ1) is 7.56. The molecule has 3 heteroatoms. The van der Waals surface area contributed by atoms with Crippen LogP contribution in [0, 0.1) is 12.3 Å². The first-order valence-electron chi connectivity index (χ1n) is 3.59. The van der Waals surface area contributed by atoms with Gasteiger partial charge < -0.3 is 4.74 Å². The number of rotatable bonds is 0. The molecular weight excluding hydrogens is 168 g/mol. The zero-order valence-electron chi connectivity index (χ0n) is 6.53. The van der Waals surface area contributed by atoms with Gasteiger partial charge in [-0.15, -0.1) is 6.42 Å². The van der Waals surface area contributed by atoms with Gasteiger partial charge in [-0.1, -0.05) is 5.92 Å². The zero-order valence-corrected chi connectivity index (χ0v) is 6.53. The number of ether oxygens (including phenoxy) is 1. The van der Waals surface area contributed by atoms with E-state index in [9.17, 15) is 9.59 Å². The summed E-state index contributed by atoms with van der Waals surface area (Å²) >= 11 is 0. The monoisotopic (exact) mass is 172 g/mol. The summed E-state index contributed by atoms with van der Waals surface area (Å²) in [7, 11) is 0. The van der Waals surface area contributed by atoms with Gasteiger partial charge in [0.15, 0.2) is 0 Å². The third-order valence-corrected chi connectivity index (χ3v) is 1.76. The van der Waals surface area contributed by atoms with E-state index in [1.807, 2.05) is 0 Å². The van der Waals surface area contributed by atoms with Crippen LogP contribution in [-0.4, -0.2) is 11.9 Å². The number of cyclic esters (lactones) is 2. The molecule has 1 aromatic carbocycles. The largest absolute Gasteiger partial charge is 0.386 e. The summed E-state index contributed by atoms with van der Waals surface area (Å²) in [4.78, 5) is 22.0. The lowest BCUT2D eigenvalue weighted by Gasteiger charge is -2.10. The molecule has 0 aromatic heterocycles. The number of carbonyl (C=O) groups excluding carboxylic acids is 2. The Bertz CT molecular complexity index is 419. The summed E-state index contributed by atoms with van der Waals surface area (Å²) in [6.07, 6.45) is 5.14. The Hall–Kier alpha value is -2.08. The number of hydrogen-bond acceptors (Lipinski definition) is 3. The number of hydrogen-bond donors (Lipinski definition) is 0. The van der Waals surface area contributed by atoms with Crippen molar-refractivity contribution in [3.63, 3.8) is 0 Å². The highest BCUT2D eigenvalue weighted by Gasteiger charge is 2.22. The van der Waals surface area contributed by atoms with Crippen LogP contribution >= 0.6 is 0 Å². The maximum absolute atomic E-state index is 11.0. The third-order valence-electron chi connectivity index (χ3n) is 1.76. The van der Waals surface area contributed by atoms with Gasteiger partial charge >= 0.3 is 11.9 Å². The molecule has 0 amide bonds. The Balaban J connectivity index is 2.69. The summed E-state index contributed by atoms with van der Waals surface area (Å²) in [5.41, 5.74) is 1.16. The highest BCUT2D eigenvalue weighted by atomic mass is 16.6. The zero-order chi connectivity index (χ0) is 9.42. The van der Waals surface area contributed by atoms with Crippen molar-refractivity contribution >= 4 is 11.9 Å².